The number of hydrogen-bond donors (Lipinski definition) is 0. The van der Waals surface area contributed by atoms with E-state index in [1.54, 1.807) is 0 Å². The van der Waals surface area contributed by atoms with Crippen molar-refractivity contribution in [3.05, 3.63) is 28.8 Å². The molecule has 0 amide bonds. The Balaban J connectivity index is 2.29. The van der Waals surface area contributed by atoms with Crippen LogP contribution in [0.1, 0.15) is 30.7 Å². The van der Waals surface area contributed by atoms with Crippen molar-refractivity contribution < 1.29 is 9.59 Å². The zero-order chi connectivity index (χ0) is 12.4. The molecular weight excluding hydrogens is 234 g/mol. The lowest BCUT2D eigenvalue weighted by Gasteiger charge is -2.21. The van der Waals surface area contributed by atoms with E-state index < -0.39 is 0 Å². The van der Waals surface area contributed by atoms with Gasteiger partial charge in [-0.25, -0.2) is 0 Å². The minimum absolute atomic E-state index is 0.0211. The van der Waals surface area contributed by atoms with Crippen LogP contribution in [0.3, 0.4) is 0 Å². The van der Waals surface area contributed by atoms with E-state index in [9.17, 15) is 9.59 Å². The van der Waals surface area contributed by atoms with Gasteiger partial charge in [0.1, 0.15) is 11.6 Å². The summed E-state index contributed by atoms with van der Waals surface area (Å²) in [6, 6.07) is 5.86. The molecule has 1 saturated carbocycles. The lowest BCUT2D eigenvalue weighted by atomic mass is 9.71. The molecule has 1 aromatic rings. The first-order chi connectivity index (χ1) is 8.08. The average Bonchev–Trinajstić information content (AvgIpc) is 2.26. The average molecular weight is 249 g/mol. The molecule has 0 spiro atoms. The summed E-state index contributed by atoms with van der Waals surface area (Å²) in [5.41, 5.74) is 2.17. The Kier molecular flexibility index (Phi) is 3.68. The molecule has 1 aliphatic rings. The summed E-state index contributed by atoms with van der Waals surface area (Å²) in [5.74, 6) is 0.112. The molecule has 2 rings (SSSR count). The molecule has 88 valence electrons. The van der Waals surface area contributed by atoms with Crippen LogP contribution >= 0.6 is 11.6 Å². The normalized spacial score (nSPS) is 17.3. The molecule has 17 heavy (non-hydrogen) atoms. The Hall–Kier alpha value is -1.09. The Morgan fingerprint density at radius 1 is 1.18 bits per heavy atom. The van der Waals surface area contributed by atoms with Crippen LogP contribution < -0.4 is 5.46 Å². The standard InChI is InChI=1S/C13H14BClO2/c1-14-10-2-8(3-11(15)6-10)9-4-12(16)7-13(17)5-9/h2-3,6,9,14H,4-5,7H2,1H3. The molecule has 0 saturated heterocycles. The molecule has 4 heteroatoms. The van der Waals surface area contributed by atoms with E-state index in [2.05, 4.69) is 12.9 Å². The summed E-state index contributed by atoms with van der Waals surface area (Å²) >= 11 is 6.05. The van der Waals surface area contributed by atoms with Gasteiger partial charge in [0.2, 0.25) is 0 Å². The summed E-state index contributed by atoms with van der Waals surface area (Å²) < 4.78 is 0. The van der Waals surface area contributed by atoms with Gasteiger partial charge in [0, 0.05) is 17.9 Å². The third-order valence-electron chi connectivity index (χ3n) is 3.20. The number of ketones is 2. The molecule has 2 nitrogen and oxygen atoms in total. The zero-order valence-electron chi connectivity index (χ0n) is 9.83. The lowest BCUT2D eigenvalue weighted by Crippen LogP contribution is -2.22. The van der Waals surface area contributed by atoms with Gasteiger partial charge < -0.3 is 0 Å². The van der Waals surface area contributed by atoms with Crippen molar-refractivity contribution in [1.82, 2.24) is 0 Å². The number of carbonyl (C=O) groups is 2. The third-order valence-corrected chi connectivity index (χ3v) is 3.42. The summed E-state index contributed by atoms with van der Waals surface area (Å²) in [4.78, 5) is 22.9. The predicted molar refractivity (Wildman–Crippen MR) is 70.7 cm³/mol. The quantitative estimate of drug-likeness (QED) is 0.591. The first kappa shape index (κ1) is 12.4. The molecule has 0 bridgehead atoms. The molecule has 1 fully saturated rings. The van der Waals surface area contributed by atoms with Crippen LogP contribution in [-0.4, -0.2) is 18.8 Å². The van der Waals surface area contributed by atoms with Gasteiger partial charge in [-0.05, 0) is 23.6 Å². The second kappa shape index (κ2) is 5.05. The van der Waals surface area contributed by atoms with Crippen molar-refractivity contribution >= 4 is 35.9 Å². The topological polar surface area (TPSA) is 34.1 Å². The largest absolute Gasteiger partial charge is 0.299 e. The van der Waals surface area contributed by atoms with E-state index in [0.717, 1.165) is 18.3 Å². The van der Waals surface area contributed by atoms with Crippen molar-refractivity contribution in [2.45, 2.75) is 32.0 Å². The third kappa shape index (κ3) is 2.98. The Morgan fingerprint density at radius 2 is 1.82 bits per heavy atom. The van der Waals surface area contributed by atoms with E-state index in [4.69, 9.17) is 11.6 Å². The fourth-order valence-corrected chi connectivity index (χ4v) is 2.60. The van der Waals surface area contributed by atoms with Gasteiger partial charge in [0.05, 0.1) is 6.42 Å². The first-order valence-electron chi connectivity index (χ1n) is 5.91. The fraction of sp³-hybridized carbons (Fsp3) is 0.385. The molecule has 1 aliphatic carbocycles. The highest BCUT2D eigenvalue weighted by molar-refractivity contribution is 6.52. The molecule has 0 heterocycles. The van der Waals surface area contributed by atoms with E-state index in [1.165, 1.54) is 0 Å². The molecule has 0 atom stereocenters. The maximum atomic E-state index is 11.4. The lowest BCUT2D eigenvalue weighted by molar-refractivity contribution is -0.130. The molecule has 1 aromatic carbocycles. The van der Waals surface area contributed by atoms with E-state index in [1.807, 2.05) is 12.1 Å². The van der Waals surface area contributed by atoms with Gasteiger partial charge in [-0.1, -0.05) is 30.0 Å². The second-order valence-corrected chi connectivity index (χ2v) is 5.04. The Bertz CT molecular complexity index is 454. The van der Waals surface area contributed by atoms with E-state index in [-0.39, 0.29) is 23.9 Å². The van der Waals surface area contributed by atoms with Gasteiger partial charge in [0.25, 0.3) is 0 Å². The van der Waals surface area contributed by atoms with Gasteiger partial charge in [-0.3, -0.25) is 9.59 Å². The highest BCUT2D eigenvalue weighted by Gasteiger charge is 2.26. The van der Waals surface area contributed by atoms with Crippen LogP contribution in [0.15, 0.2) is 18.2 Å². The highest BCUT2D eigenvalue weighted by atomic mass is 35.5. The molecule has 0 radical (unpaired) electrons. The van der Waals surface area contributed by atoms with Crippen LogP contribution in [-0.2, 0) is 9.59 Å². The number of carbonyl (C=O) groups excluding carboxylic acids is 2. The maximum absolute atomic E-state index is 11.4. The molecule has 0 N–H and O–H groups in total. The number of rotatable bonds is 2. The molecule has 0 aromatic heterocycles. The first-order valence-corrected chi connectivity index (χ1v) is 6.29. The number of Topliss-reactive ketones (excluding diaryl/α,β-unsaturated/α-hetero) is 2. The maximum Gasteiger partial charge on any atom is 0.154 e. The monoisotopic (exact) mass is 248 g/mol. The van der Waals surface area contributed by atoms with Gasteiger partial charge in [0.15, 0.2) is 7.28 Å². The van der Waals surface area contributed by atoms with E-state index in [0.29, 0.717) is 17.9 Å². The van der Waals surface area contributed by atoms with Crippen LogP contribution in [0.25, 0.3) is 0 Å². The minimum atomic E-state index is 0.0211. The van der Waals surface area contributed by atoms with Gasteiger partial charge in [-0.15, -0.1) is 0 Å². The predicted octanol–water partition coefficient (Wildman–Crippen LogP) is 1.86. The smallest absolute Gasteiger partial charge is 0.154 e. The fourth-order valence-electron chi connectivity index (χ4n) is 2.34. The van der Waals surface area contributed by atoms with Crippen LogP contribution in [0.2, 0.25) is 11.8 Å². The Labute approximate surface area is 107 Å². The summed E-state index contributed by atoms with van der Waals surface area (Å²) in [7, 11) is 0.905. The van der Waals surface area contributed by atoms with Crippen molar-refractivity contribution in [3.8, 4) is 0 Å². The summed E-state index contributed by atoms with van der Waals surface area (Å²) in [6.45, 7) is 2.06. The van der Waals surface area contributed by atoms with Crippen LogP contribution in [0, 0.1) is 0 Å². The Morgan fingerprint density at radius 3 is 2.41 bits per heavy atom. The van der Waals surface area contributed by atoms with Crippen molar-refractivity contribution in [1.29, 1.82) is 0 Å². The highest BCUT2D eigenvalue weighted by Crippen LogP contribution is 2.30. The minimum Gasteiger partial charge on any atom is -0.299 e. The molecule has 0 unspecified atom stereocenters. The number of hydrogen-bond acceptors (Lipinski definition) is 2. The van der Waals surface area contributed by atoms with Crippen LogP contribution in [0.5, 0.6) is 0 Å². The van der Waals surface area contributed by atoms with Gasteiger partial charge >= 0.3 is 0 Å². The zero-order valence-corrected chi connectivity index (χ0v) is 10.6. The van der Waals surface area contributed by atoms with E-state index >= 15 is 0 Å². The second-order valence-electron chi connectivity index (χ2n) is 4.61. The SMILES string of the molecule is CBc1cc(Cl)cc(C2CC(=O)CC(=O)C2)c1. The van der Waals surface area contributed by atoms with Gasteiger partial charge in [-0.2, -0.15) is 0 Å². The molecule has 0 aliphatic heterocycles. The molecular formula is C13H14BClO2. The number of benzene rings is 1. The van der Waals surface area contributed by atoms with Crippen molar-refractivity contribution in [2.75, 3.05) is 0 Å². The van der Waals surface area contributed by atoms with Crippen molar-refractivity contribution in [3.63, 3.8) is 0 Å². The van der Waals surface area contributed by atoms with Crippen molar-refractivity contribution in [2.24, 2.45) is 0 Å². The van der Waals surface area contributed by atoms with Crippen LogP contribution in [0.4, 0.5) is 0 Å². The number of halogens is 1. The summed E-state index contributed by atoms with van der Waals surface area (Å²) in [6.07, 6.45) is 1.04. The summed E-state index contributed by atoms with van der Waals surface area (Å²) in [5, 5.41) is 0.685.